The van der Waals surface area contributed by atoms with Gasteiger partial charge in [0.2, 0.25) is 0 Å². The Labute approximate surface area is 97.5 Å². The second-order valence-electron chi connectivity index (χ2n) is 3.47. The normalized spacial score (nSPS) is 16.2. The Kier molecular flexibility index (Phi) is 7.59. The molecule has 0 aromatic heterocycles. The molecular formula is C9H17NO7. The summed E-state index contributed by atoms with van der Waals surface area (Å²) in [6.07, 6.45) is -5.37. The Morgan fingerprint density at radius 1 is 1.18 bits per heavy atom. The van der Waals surface area contributed by atoms with Crippen LogP contribution in [0.1, 0.15) is 6.42 Å². The van der Waals surface area contributed by atoms with Crippen molar-refractivity contribution in [3.05, 3.63) is 0 Å². The van der Waals surface area contributed by atoms with Crippen LogP contribution in [0.3, 0.4) is 0 Å². The van der Waals surface area contributed by atoms with Crippen LogP contribution < -0.4 is 5.32 Å². The van der Waals surface area contributed by atoms with Crippen LogP contribution in [-0.4, -0.2) is 75.3 Å². The first-order valence-electron chi connectivity index (χ1n) is 5.00. The van der Waals surface area contributed by atoms with Gasteiger partial charge in [0.25, 0.3) is 0 Å². The number of hydrogen-bond donors (Lipinski definition) is 6. The van der Waals surface area contributed by atoms with Gasteiger partial charge in [0.1, 0.15) is 18.3 Å². The average molecular weight is 251 g/mol. The Morgan fingerprint density at radius 3 is 2.24 bits per heavy atom. The smallest absolute Gasteiger partial charge is 0.304 e. The molecule has 0 fully saturated rings. The molecule has 0 radical (unpaired) electrons. The summed E-state index contributed by atoms with van der Waals surface area (Å²) in [4.78, 5) is 21.4. The van der Waals surface area contributed by atoms with Gasteiger partial charge in [-0.05, 0) is 0 Å². The number of rotatable bonds is 9. The molecular weight excluding hydrogens is 234 g/mol. The molecule has 0 rings (SSSR count). The minimum Gasteiger partial charge on any atom is -0.481 e. The van der Waals surface area contributed by atoms with Crippen molar-refractivity contribution in [1.82, 2.24) is 5.32 Å². The molecule has 3 atom stereocenters. The lowest BCUT2D eigenvalue weighted by atomic mass is 10.0. The molecule has 0 aliphatic rings. The molecule has 8 nitrogen and oxygen atoms in total. The van der Waals surface area contributed by atoms with E-state index in [4.69, 9.17) is 15.3 Å². The van der Waals surface area contributed by atoms with Gasteiger partial charge in [-0.15, -0.1) is 0 Å². The first-order chi connectivity index (χ1) is 7.90. The molecule has 0 amide bonds. The van der Waals surface area contributed by atoms with Crippen LogP contribution >= 0.6 is 0 Å². The standard InChI is InChI=1S/C9H17NO7/c11-4-6(13)9(17)8(16)5(12)3-10-2-1-7(14)15/h6,8-11,13,16-17H,1-4H2,(H,14,15)/t6-,8-,9-/m1/s1. The zero-order valence-electron chi connectivity index (χ0n) is 9.11. The third-order valence-corrected chi connectivity index (χ3v) is 2.05. The van der Waals surface area contributed by atoms with Crippen LogP contribution in [0.15, 0.2) is 0 Å². The Morgan fingerprint density at radius 2 is 1.76 bits per heavy atom. The summed E-state index contributed by atoms with van der Waals surface area (Å²) in [5.74, 6) is -1.82. The molecule has 0 aliphatic carbocycles. The van der Waals surface area contributed by atoms with Crippen LogP contribution in [-0.2, 0) is 9.59 Å². The van der Waals surface area contributed by atoms with Crippen molar-refractivity contribution >= 4 is 11.8 Å². The van der Waals surface area contributed by atoms with Crippen LogP contribution in [0.4, 0.5) is 0 Å². The average Bonchev–Trinajstić information content (AvgIpc) is 2.31. The molecule has 0 spiro atoms. The number of aliphatic hydroxyl groups excluding tert-OH is 4. The third kappa shape index (κ3) is 6.29. The van der Waals surface area contributed by atoms with Gasteiger partial charge in [0.15, 0.2) is 5.78 Å². The highest BCUT2D eigenvalue weighted by Gasteiger charge is 2.29. The lowest BCUT2D eigenvalue weighted by molar-refractivity contribution is -0.140. The molecule has 0 bridgehead atoms. The summed E-state index contributed by atoms with van der Waals surface area (Å²) in [5, 5.41) is 46.7. The van der Waals surface area contributed by atoms with Gasteiger partial charge in [0, 0.05) is 6.54 Å². The number of carbonyl (C=O) groups is 2. The van der Waals surface area contributed by atoms with Gasteiger partial charge in [-0.3, -0.25) is 9.59 Å². The quantitative estimate of drug-likeness (QED) is 0.233. The van der Waals surface area contributed by atoms with Crippen LogP contribution in [0.25, 0.3) is 0 Å². The van der Waals surface area contributed by atoms with Crippen molar-refractivity contribution in [3.63, 3.8) is 0 Å². The number of nitrogens with one attached hydrogen (secondary N) is 1. The zero-order chi connectivity index (χ0) is 13.4. The van der Waals surface area contributed by atoms with Crippen molar-refractivity contribution < 1.29 is 35.1 Å². The third-order valence-electron chi connectivity index (χ3n) is 2.05. The minimum atomic E-state index is -1.82. The van der Waals surface area contributed by atoms with Crippen molar-refractivity contribution in [2.45, 2.75) is 24.7 Å². The highest BCUT2D eigenvalue weighted by molar-refractivity contribution is 5.85. The minimum absolute atomic E-state index is 0.0481. The summed E-state index contributed by atoms with van der Waals surface area (Å²) >= 11 is 0. The largest absolute Gasteiger partial charge is 0.481 e. The van der Waals surface area contributed by atoms with Gasteiger partial charge in [-0.25, -0.2) is 0 Å². The first-order valence-corrected chi connectivity index (χ1v) is 5.00. The second kappa shape index (κ2) is 8.09. The highest BCUT2D eigenvalue weighted by atomic mass is 16.4. The fourth-order valence-electron chi connectivity index (χ4n) is 1.02. The van der Waals surface area contributed by atoms with Gasteiger partial charge in [-0.2, -0.15) is 0 Å². The maximum absolute atomic E-state index is 11.2. The zero-order valence-corrected chi connectivity index (χ0v) is 9.11. The number of ketones is 1. The predicted molar refractivity (Wildman–Crippen MR) is 55.2 cm³/mol. The number of aliphatic hydroxyl groups is 4. The summed E-state index contributed by atoms with van der Waals surface area (Å²) in [5.41, 5.74) is 0. The fraction of sp³-hybridized carbons (Fsp3) is 0.778. The number of carboxylic acids is 1. The molecule has 0 saturated heterocycles. The number of carboxylic acid groups (broad SMARTS) is 1. The molecule has 0 unspecified atom stereocenters. The van der Waals surface area contributed by atoms with Gasteiger partial charge in [-0.1, -0.05) is 0 Å². The van der Waals surface area contributed by atoms with Crippen molar-refractivity contribution in [2.24, 2.45) is 0 Å². The van der Waals surface area contributed by atoms with Crippen LogP contribution in [0, 0.1) is 0 Å². The SMILES string of the molecule is O=C(O)CCNCC(=O)[C@@H](O)[C@H](O)[C@H](O)CO. The molecule has 0 heterocycles. The van der Waals surface area contributed by atoms with E-state index in [9.17, 15) is 19.8 Å². The van der Waals surface area contributed by atoms with Gasteiger partial charge < -0.3 is 30.8 Å². The van der Waals surface area contributed by atoms with Gasteiger partial charge >= 0.3 is 5.97 Å². The highest BCUT2D eigenvalue weighted by Crippen LogP contribution is 2.00. The maximum Gasteiger partial charge on any atom is 0.304 e. The lowest BCUT2D eigenvalue weighted by Crippen LogP contribution is -2.46. The summed E-state index contributed by atoms with van der Waals surface area (Å²) in [7, 11) is 0. The topological polar surface area (TPSA) is 147 Å². The Hall–Kier alpha value is -1.06. The molecule has 8 heteroatoms. The van der Waals surface area contributed by atoms with E-state index < -0.39 is 36.7 Å². The van der Waals surface area contributed by atoms with Crippen LogP contribution in [0.5, 0.6) is 0 Å². The van der Waals surface area contributed by atoms with E-state index in [2.05, 4.69) is 5.32 Å². The predicted octanol–water partition coefficient (Wildman–Crippen LogP) is -3.31. The molecule has 0 aliphatic heterocycles. The molecule has 17 heavy (non-hydrogen) atoms. The number of Topliss-reactive ketones (excluding diaryl/α,β-unsaturated/α-hetero) is 1. The summed E-state index contributed by atoms with van der Waals surface area (Å²) < 4.78 is 0. The van der Waals surface area contributed by atoms with E-state index in [1.165, 1.54) is 0 Å². The molecule has 100 valence electrons. The molecule has 0 saturated carbocycles. The number of carbonyl (C=O) groups excluding carboxylic acids is 1. The van der Waals surface area contributed by atoms with Crippen molar-refractivity contribution in [3.8, 4) is 0 Å². The Balaban J connectivity index is 3.93. The van der Waals surface area contributed by atoms with E-state index in [-0.39, 0.29) is 19.5 Å². The fourth-order valence-corrected chi connectivity index (χ4v) is 1.02. The lowest BCUT2D eigenvalue weighted by Gasteiger charge is -2.20. The van der Waals surface area contributed by atoms with E-state index in [0.29, 0.717) is 0 Å². The molecule has 6 N–H and O–H groups in total. The summed E-state index contributed by atoms with van der Waals surface area (Å²) in [6, 6.07) is 0. The Bertz CT molecular complexity index is 258. The molecule has 0 aromatic carbocycles. The van der Waals surface area contributed by atoms with Crippen molar-refractivity contribution in [1.29, 1.82) is 0 Å². The monoisotopic (exact) mass is 251 g/mol. The number of hydrogen-bond acceptors (Lipinski definition) is 7. The van der Waals surface area contributed by atoms with E-state index in [0.717, 1.165) is 0 Å². The maximum atomic E-state index is 11.2. The van der Waals surface area contributed by atoms with E-state index >= 15 is 0 Å². The molecule has 0 aromatic rings. The van der Waals surface area contributed by atoms with E-state index in [1.54, 1.807) is 0 Å². The van der Waals surface area contributed by atoms with Gasteiger partial charge in [0.05, 0.1) is 19.6 Å². The first kappa shape index (κ1) is 15.9. The summed E-state index contributed by atoms with van der Waals surface area (Å²) in [6.45, 7) is -1.06. The van der Waals surface area contributed by atoms with Crippen LogP contribution in [0.2, 0.25) is 0 Å². The second-order valence-corrected chi connectivity index (χ2v) is 3.47. The number of aliphatic carboxylic acids is 1. The van der Waals surface area contributed by atoms with Crippen molar-refractivity contribution in [2.75, 3.05) is 19.7 Å². The van der Waals surface area contributed by atoms with E-state index in [1.807, 2.05) is 0 Å².